The molecule has 2 saturated heterocycles. The predicted molar refractivity (Wildman–Crippen MR) is 143 cm³/mol. The van der Waals surface area contributed by atoms with Gasteiger partial charge in [-0.25, -0.2) is 0 Å². The third-order valence-electron chi connectivity index (χ3n) is 7.41. The maximum absolute atomic E-state index is 13.7. The molecule has 10 atom stereocenters. The SMILES string of the molecule is O=c1c(O[C@@H]2O[C@@H](CO)[C@H](O)[C@@H](O)[C@H]2O)c(-c2cc(O)c(O)c(O[C@@H]3O[C@@H](CO)[C@H](O)[C@H](O)[C@H]3O)c2)oc2cc(O)cc(O)c12. The molecule has 1 aromatic heterocycles. The van der Waals surface area contributed by atoms with Crippen LogP contribution in [0.15, 0.2) is 33.5 Å². The molecule has 18 nitrogen and oxygen atoms in total. The number of ether oxygens (including phenoxy) is 4. The standard InChI is InChI=1S/C27H30O18/c28-5-13-17(34)20(37)22(39)26(43-13)42-12-2-7(1-10(32)16(12)33)24-25(19(36)15-9(31)3-8(30)4-11(15)41-24)45-27-23(40)21(38)18(35)14(6-29)44-27/h1-4,13-14,17-18,20-23,26-35,37-40H,5-6H2/t13-,14-,17-,18-,20-,21+,22+,23+,26+,27-/m0/s1. The summed E-state index contributed by atoms with van der Waals surface area (Å²) < 4.78 is 27.4. The monoisotopic (exact) mass is 642 g/mol. The van der Waals surface area contributed by atoms with E-state index in [2.05, 4.69) is 0 Å². The molecule has 3 heterocycles. The molecule has 2 aliphatic heterocycles. The highest BCUT2D eigenvalue weighted by Gasteiger charge is 2.46. The van der Waals surface area contributed by atoms with Crippen molar-refractivity contribution in [1.82, 2.24) is 0 Å². The fraction of sp³-hybridized carbons (Fsp3) is 0.444. The minimum absolute atomic E-state index is 0.327. The van der Waals surface area contributed by atoms with Gasteiger partial charge in [0.1, 0.15) is 71.3 Å². The van der Waals surface area contributed by atoms with Gasteiger partial charge in [-0.05, 0) is 12.1 Å². The number of phenolic OH excluding ortho intramolecular Hbond substituents is 4. The van der Waals surface area contributed by atoms with Crippen LogP contribution in [0.5, 0.6) is 34.5 Å². The highest BCUT2D eigenvalue weighted by Crippen LogP contribution is 2.44. The molecule has 246 valence electrons. The number of rotatable bonds is 7. The topological polar surface area (TPSA) is 310 Å². The fourth-order valence-electron chi connectivity index (χ4n) is 4.95. The minimum atomic E-state index is -2.00. The largest absolute Gasteiger partial charge is 0.508 e. The first-order valence-electron chi connectivity index (χ1n) is 13.3. The number of phenols is 4. The van der Waals surface area contributed by atoms with Crippen LogP contribution in [-0.4, -0.2) is 136 Å². The smallest absolute Gasteiger partial charge is 0.239 e. The second-order valence-corrected chi connectivity index (χ2v) is 10.4. The van der Waals surface area contributed by atoms with Gasteiger partial charge in [-0.3, -0.25) is 4.79 Å². The van der Waals surface area contributed by atoms with Crippen molar-refractivity contribution in [3.05, 3.63) is 34.5 Å². The first kappa shape index (κ1) is 32.4. The number of aromatic hydroxyl groups is 4. The van der Waals surface area contributed by atoms with Gasteiger partial charge in [-0.2, -0.15) is 0 Å². The predicted octanol–water partition coefficient (Wildman–Crippen LogP) is -3.36. The van der Waals surface area contributed by atoms with Crippen molar-refractivity contribution < 1.29 is 84.6 Å². The first-order valence-corrected chi connectivity index (χ1v) is 13.3. The summed E-state index contributed by atoms with van der Waals surface area (Å²) in [6.45, 7) is -1.64. The summed E-state index contributed by atoms with van der Waals surface area (Å²) in [6.07, 6.45) is -17.8. The van der Waals surface area contributed by atoms with Crippen molar-refractivity contribution in [2.75, 3.05) is 13.2 Å². The van der Waals surface area contributed by atoms with E-state index in [4.69, 9.17) is 23.4 Å². The third kappa shape index (κ3) is 5.79. The van der Waals surface area contributed by atoms with E-state index < -0.39 is 131 Å². The van der Waals surface area contributed by atoms with Crippen LogP contribution in [-0.2, 0) is 9.47 Å². The molecule has 18 heteroatoms. The zero-order valence-corrected chi connectivity index (χ0v) is 22.8. The number of aliphatic hydroxyl groups is 8. The molecule has 0 amide bonds. The normalized spacial score (nSPS) is 32.0. The van der Waals surface area contributed by atoms with E-state index in [0.29, 0.717) is 0 Å². The molecular weight excluding hydrogens is 612 g/mol. The lowest BCUT2D eigenvalue weighted by Gasteiger charge is -2.39. The molecular formula is C27H30O18. The average Bonchev–Trinajstić information content (AvgIpc) is 3.00. The number of hydrogen-bond donors (Lipinski definition) is 12. The quantitative estimate of drug-likeness (QED) is 0.112. The van der Waals surface area contributed by atoms with E-state index >= 15 is 0 Å². The lowest BCUT2D eigenvalue weighted by atomic mass is 9.99. The van der Waals surface area contributed by atoms with E-state index in [0.717, 1.165) is 24.3 Å². The Bertz CT molecular complexity index is 1600. The van der Waals surface area contributed by atoms with Gasteiger partial charge in [0, 0.05) is 17.7 Å². The number of benzene rings is 2. The highest BCUT2D eigenvalue weighted by molar-refractivity contribution is 5.88. The molecule has 0 bridgehead atoms. The lowest BCUT2D eigenvalue weighted by molar-refractivity contribution is -0.277. The van der Waals surface area contributed by atoms with E-state index in [1.54, 1.807) is 0 Å². The van der Waals surface area contributed by atoms with Crippen LogP contribution < -0.4 is 14.9 Å². The van der Waals surface area contributed by atoms with Gasteiger partial charge < -0.3 is 84.6 Å². The molecule has 3 aromatic rings. The maximum Gasteiger partial charge on any atom is 0.239 e. The van der Waals surface area contributed by atoms with Crippen molar-refractivity contribution in [1.29, 1.82) is 0 Å². The zero-order valence-electron chi connectivity index (χ0n) is 22.8. The molecule has 0 saturated carbocycles. The lowest BCUT2D eigenvalue weighted by Crippen LogP contribution is -2.60. The summed E-state index contributed by atoms with van der Waals surface area (Å²) in [5, 5.41) is 121. The second kappa shape index (κ2) is 12.4. The summed E-state index contributed by atoms with van der Waals surface area (Å²) in [5.41, 5.74) is -1.88. The van der Waals surface area contributed by atoms with E-state index in [-0.39, 0.29) is 5.56 Å². The minimum Gasteiger partial charge on any atom is -0.508 e. The van der Waals surface area contributed by atoms with Crippen LogP contribution in [0.25, 0.3) is 22.3 Å². The maximum atomic E-state index is 13.7. The summed E-state index contributed by atoms with van der Waals surface area (Å²) >= 11 is 0. The Labute approximate surface area is 250 Å². The van der Waals surface area contributed by atoms with Crippen molar-refractivity contribution in [2.24, 2.45) is 0 Å². The van der Waals surface area contributed by atoms with Gasteiger partial charge >= 0.3 is 0 Å². The number of hydrogen-bond acceptors (Lipinski definition) is 18. The van der Waals surface area contributed by atoms with Gasteiger partial charge in [0.2, 0.25) is 29.5 Å². The summed E-state index contributed by atoms with van der Waals surface area (Å²) in [6, 6.07) is 3.55. The van der Waals surface area contributed by atoms with Crippen LogP contribution in [0.4, 0.5) is 0 Å². The molecule has 45 heavy (non-hydrogen) atoms. The van der Waals surface area contributed by atoms with E-state index in [1.165, 1.54) is 0 Å². The Morgan fingerprint density at radius 1 is 0.667 bits per heavy atom. The molecule has 0 spiro atoms. The third-order valence-corrected chi connectivity index (χ3v) is 7.41. The van der Waals surface area contributed by atoms with Crippen molar-refractivity contribution in [2.45, 2.75) is 61.4 Å². The van der Waals surface area contributed by atoms with Crippen molar-refractivity contribution in [3.8, 4) is 45.8 Å². The second-order valence-electron chi connectivity index (χ2n) is 10.4. The molecule has 2 aliphatic rings. The Kier molecular flexibility index (Phi) is 8.97. The zero-order chi connectivity index (χ0) is 32.9. The van der Waals surface area contributed by atoms with Crippen LogP contribution in [0.1, 0.15) is 0 Å². The van der Waals surface area contributed by atoms with Gasteiger partial charge in [0.15, 0.2) is 17.3 Å². The Hall–Kier alpha value is -3.95. The number of fused-ring (bicyclic) bond motifs is 1. The number of aliphatic hydroxyl groups excluding tert-OH is 8. The Balaban J connectivity index is 1.63. The molecule has 2 aromatic carbocycles. The van der Waals surface area contributed by atoms with Gasteiger partial charge in [-0.15, -0.1) is 0 Å². The van der Waals surface area contributed by atoms with Gasteiger partial charge in [-0.1, -0.05) is 0 Å². The first-order chi connectivity index (χ1) is 21.3. The van der Waals surface area contributed by atoms with Crippen LogP contribution in [0.2, 0.25) is 0 Å². The Morgan fingerprint density at radius 3 is 1.78 bits per heavy atom. The average molecular weight is 643 g/mol. The van der Waals surface area contributed by atoms with E-state index in [9.17, 15) is 66.1 Å². The van der Waals surface area contributed by atoms with Crippen LogP contribution >= 0.6 is 0 Å². The van der Waals surface area contributed by atoms with Crippen molar-refractivity contribution in [3.63, 3.8) is 0 Å². The van der Waals surface area contributed by atoms with Crippen LogP contribution in [0.3, 0.4) is 0 Å². The highest BCUT2D eigenvalue weighted by atomic mass is 16.7. The van der Waals surface area contributed by atoms with Crippen molar-refractivity contribution >= 4 is 11.0 Å². The summed E-state index contributed by atoms with van der Waals surface area (Å²) in [5.74, 6) is -5.24. The molecule has 12 N–H and O–H groups in total. The molecule has 0 radical (unpaired) electrons. The summed E-state index contributed by atoms with van der Waals surface area (Å²) in [4.78, 5) is 13.7. The fourth-order valence-corrected chi connectivity index (χ4v) is 4.95. The van der Waals surface area contributed by atoms with Gasteiger partial charge in [0.05, 0.1) is 13.2 Å². The van der Waals surface area contributed by atoms with E-state index in [1.807, 2.05) is 0 Å². The molecule has 0 aliphatic carbocycles. The molecule has 5 rings (SSSR count). The molecule has 0 unspecified atom stereocenters. The van der Waals surface area contributed by atoms with Crippen LogP contribution in [0, 0.1) is 0 Å². The molecule has 2 fully saturated rings. The summed E-state index contributed by atoms with van der Waals surface area (Å²) in [7, 11) is 0. The van der Waals surface area contributed by atoms with Gasteiger partial charge in [0.25, 0.3) is 0 Å². The Morgan fingerprint density at radius 2 is 1.22 bits per heavy atom.